The summed E-state index contributed by atoms with van der Waals surface area (Å²) >= 11 is 0. The summed E-state index contributed by atoms with van der Waals surface area (Å²) in [6.07, 6.45) is 34.9. The minimum Gasteiger partial charge on any atom is -0.372 e. The number of unbranched alkanes of at least 4 members (excludes halogenated alkanes) is 22. The van der Waals surface area contributed by atoms with Crippen molar-refractivity contribution < 1.29 is 0 Å². The van der Waals surface area contributed by atoms with Gasteiger partial charge in [-0.3, -0.25) is 4.99 Å². The highest BCUT2D eigenvalue weighted by Gasteiger charge is 2.02. The van der Waals surface area contributed by atoms with Crippen LogP contribution >= 0.6 is 0 Å². The molecule has 222 valence electrons. The Morgan fingerprint density at radius 2 is 0.865 bits per heavy atom. The van der Waals surface area contributed by atoms with E-state index in [0.29, 0.717) is 6.04 Å². The molecule has 3 nitrogen and oxygen atoms in total. The van der Waals surface area contributed by atoms with Crippen molar-refractivity contribution in [3.63, 3.8) is 0 Å². The summed E-state index contributed by atoms with van der Waals surface area (Å²) in [6.45, 7) is 12.2. The molecule has 0 saturated carbocycles. The molecule has 37 heavy (non-hydrogen) atoms. The van der Waals surface area contributed by atoms with Crippen molar-refractivity contribution in [2.24, 2.45) is 4.99 Å². The summed E-state index contributed by atoms with van der Waals surface area (Å²) in [7, 11) is 0. The number of rotatable bonds is 30. The van der Waals surface area contributed by atoms with Gasteiger partial charge in [0.05, 0.1) is 5.84 Å². The summed E-state index contributed by atoms with van der Waals surface area (Å²) in [6, 6.07) is 0.470. The molecule has 0 heterocycles. The average Bonchev–Trinajstić information content (AvgIpc) is 2.88. The topological polar surface area (TPSA) is 36.4 Å². The van der Waals surface area contributed by atoms with Crippen LogP contribution in [0.5, 0.6) is 0 Å². The molecule has 0 aromatic carbocycles. The van der Waals surface area contributed by atoms with Gasteiger partial charge in [0.25, 0.3) is 0 Å². The number of nitrogens with zero attached hydrogens (tertiary/aromatic N) is 1. The molecular weight excluding hydrogens is 450 g/mol. The van der Waals surface area contributed by atoms with Gasteiger partial charge in [-0.05, 0) is 33.2 Å². The minimum atomic E-state index is 0.470. The molecule has 0 fully saturated rings. The lowest BCUT2D eigenvalue weighted by atomic mass is 10.1. The molecular formula is C34H71N3. The summed E-state index contributed by atoms with van der Waals surface area (Å²) in [5.74, 6) is 1.21. The van der Waals surface area contributed by atoms with Crippen molar-refractivity contribution in [1.29, 1.82) is 0 Å². The Bertz CT molecular complexity index is 446. The van der Waals surface area contributed by atoms with Crippen LogP contribution in [0.25, 0.3) is 0 Å². The highest BCUT2D eigenvalue weighted by molar-refractivity contribution is 5.82. The number of aliphatic imine (C=N–C) groups is 1. The largest absolute Gasteiger partial charge is 0.372 e. The summed E-state index contributed by atoms with van der Waals surface area (Å²) in [5, 5.41) is 7.24. The van der Waals surface area contributed by atoms with E-state index >= 15 is 0 Å². The predicted molar refractivity (Wildman–Crippen MR) is 170 cm³/mol. The second kappa shape index (κ2) is 31.6. The minimum absolute atomic E-state index is 0.470. The summed E-state index contributed by atoms with van der Waals surface area (Å²) < 4.78 is 0. The number of hydrogen-bond donors (Lipinski definition) is 2. The van der Waals surface area contributed by atoms with Crippen LogP contribution < -0.4 is 10.6 Å². The van der Waals surface area contributed by atoms with Crippen LogP contribution in [0, 0.1) is 0 Å². The van der Waals surface area contributed by atoms with E-state index in [1.165, 1.54) is 160 Å². The highest BCUT2D eigenvalue weighted by Crippen LogP contribution is 2.13. The van der Waals surface area contributed by atoms with Crippen LogP contribution in [-0.4, -0.2) is 31.5 Å². The van der Waals surface area contributed by atoms with E-state index in [2.05, 4.69) is 38.3 Å². The lowest BCUT2D eigenvalue weighted by Gasteiger charge is -2.14. The fourth-order valence-electron chi connectivity index (χ4n) is 5.12. The van der Waals surface area contributed by atoms with E-state index in [1.807, 2.05) is 0 Å². The van der Waals surface area contributed by atoms with E-state index in [-0.39, 0.29) is 0 Å². The molecule has 0 rings (SSSR count). The predicted octanol–water partition coefficient (Wildman–Crippen LogP) is 10.8. The van der Waals surface area contributed by atoms with Crippen LogP contribution in [0.2, 0.25) is 0 Å². The van der Waals surface area contributed by atoms with E-state index in [0.717, 1.165) is 26.1 Å². The Morgan fingerprint density at radius 1 is 0.486 bits per heavy atom. The number of amidine groups is 1. The van der Waals surface area contributed by atoms with Crippen LogP contribution in [0.1, 0.15) is 188 Å². The quantitative estimate of drug-likeness (QED) is 0.0560. The maximum absolute atomic E-state index is 4.92. The molecule has 0 spiro atoms. The molecule has 0 amide bonds. The van der Waals surface area contributed by atoms with Crippen molar-refractivity contribution in [2.75, 3.05) is 19.6 Å². The fraction of sp³-hybridized carbons (Fsp3) is 0.971. The monoisotopic (exact) mass is 522 g/mol. The van der Waals surface area contributed by atoms with Crippen molar-refractivity contribution in [2.45, 2.75) is 194 Å². The van der Waals surface area contributed by atoms with E-state index in [4.69, 9.17) is 4.99 Å². The van der Waals surface area contributed by atoms with Gasteiger partial charge in [-0.1, -0.05) is 155 Å². The Labute approximate surface area is 235 Å². The zero-order chi connectivity index (χ0) is 27.1. The van der Waals surface area contributed by atoms with Gasteiger partial charge < -0.3 is 10.6 Å². The lowest BCUT2D eigenvalue weighted by molar-refractivity contribution is 0.536. The molecule has 0 unspecified atom stereocenters. The Hall–Kier alpha value is -0.570. The van der Waals surface area contributed by atoms with Crippen LogP contribution in [0.15, 0.2) is 4.99 Å². The molecule has 0 atom stereocenters. The lowest BCUT2D eigenvalue weighted by Crippen LogP contribution is -2.33. The molecule has 0 aliphatic carbocycles. The molecule has 0 bridgehead atoms. The van der Waals surface area contributed by atoms with Gasteiger partial charge in [0.15, 0.2) is 0 Å². The molecule has 0 saturated heterocycles. The van der Waals surface area contributed by atoms with E-state index in [1.54, 1.807) is 0 Å². The third-order valence-electron chi connectivity index (χ3n) is 7.52. The zero-order valence-electron chi connectivity index (χ0n) is 26.3. The first-order valence-corrected chi connectivity index (χ1v) is 17.2. The Balaban J connectivity index is 3.57. The van der Waals surface area contributed by atoms with Gasteiger partial charge in [-0.15, -0.1) is 0 Å². The van der Waals surface area contributed by atoms with Gasteiger partial charge in [0.2, 0.25) is 0 Å². The first-order chi connectivity index (χ1) is 18.2. The number of nitrogens with one attached hydrogen (secondary N) is 2. The molecule has 3 heteroatoms. The second-order valence-electron chi connectivity index (χ2n) is 11.9. The molecule has 0 aliphatic heterocycles. The zero-order valence-corrected chi connectivity index (χ0v) is 26.3. The van der Waals surface area contributed by atoms with Crippen molar-refractivity contribution in [3.8, 4) is 0 Å². The smallest absolute Gasteiger partial charge is 0.0977 e. The molecule has 0 aromatic rings. The van der Waals surface area contributed by atoms with Crippen molar-refractivity contribution in [3.05, 3.63) is 0 Å². The average molecular weight is 522 g/mol. The fourth-order valence-corrected chi connectivity index (χ4v) is 5.12. The molecule has 2 N–H and O–H groups in total. The first kappa shape index (κ1) is 36.4. The second-order valence-corrected chi connectivity index (χ2v) is 11.9. The number of hydrogen-bond acceptors (Lipinski definition) is 2. The van der Waals surface area contributed by atoms with Gasteiger partial charge in [0.1, 0.15) is 0 Å². The molecule has 0 aliphatic rings. The molecule has 0 aromatic heterocycles. The standard InChI is InChI=1S/C34H71N3/c1-5-7-9-11-13-15-17-19-21-23-25-27-30-35-32-29-34(37-33(3)4)36-31-28-26-24-22-20-18-16-14-12-10-8-6-2/h33,35H,5-32H2,1-4H3,(H,36,37). The SMILES string of the molecule is CCCCCCCCCCCCCC/N=C(/CCNCCCCCCCCCCCCCC)NC(C)C. The van der Waals surface area contributed by atoms with Gasteiger partial charge >= 0.3 is 0 Å². The Morgan fingerprint density at radius 3 is 1.27 bits per heavy atom. The van der Waals surface area contributed by atoms with Gasteiger partial charge in [-0.2, -0.15) is 0 Å². The maximum atomic E-state index is 4.92. The third kappa shape index (κ3) is 31.5. The van der Waals surface area contributed by atoms with Crippen molar-refractivity contribution in [1.82, 2.24) is 10.6 Å². The van der Waals surface area contributed by atoms with Crippen molar-refractivity contribution >= 4 is 5.84 Å². The van der Waals surface area contributed by atoms with Crippen LogP contribution in [-0.2, 0) is 0 Å². The molecule has 0 radical (unpaired) electrons. The Kier molecular flexibility index (Phi) is 31.2. The summed E-state index contributed by atoms with van der Waals surface area (Å²) in [5.41, 5.74) is 0. The normalized spacial score (nSPS) is 12.1. The van der Waals surface area contributed by atoms with E-state index in [9.17, 15) is 0 Å². The third-order valence-corrected chi connectivity index (χ3v) is 7.52. The van der Waals surface area contributed by atoms with Crippen LogP contribution in [0.3, 0.4) is 0 Å². The van der Waals surface area contributed by atoms with E-state index < -0.39 is 0 Å². The maximum Gasteiger partial charge on any atom is 0.0977 e. The first-order valence-electron chi connectivity index (χ1n) is 17.2. The van der Waals surface area contributed by atoms with Gasteiger partial charge in [0, 0.05) is 25.6 Å². The van der Waals surface area contributed by atoms with Gasteiger partial charge in [-0.25, -0.2) is 0 Å². The van der Waals surface area contributed by atoms with Crippen LogP contribution in [0.4, 0.5) is 0 Å². The highest BCUT2D eigenvalue weighted by atomic mass is 15.0. The summed E-state index contributed by atoms with van der Waals surface area (Å²) in [4.78, 5) is 4.92.